The number of carbonyl (C=O) groups is 1. The first-order valence-electron chi connectivity index (χ1n) is 6.44. The molecular weight excluding hydrogens is 321 g/mol. The first kappa shape index (κ1) is 17.6. The Balaban J connectivity index is 0.00000200. The van der Waals surface area contributed by atoms with Gasteiger partial charge in [-0.3, -0.25) is 4.90 Å². The van der Waals surface area contributed by atoms with Crippen molar-refractivity contribution in [2.24, 2.45) is 0 Å². The third-order valence-electron chi connectivity index (χ3n) is 3.17. The largest absolute Gasteiger partial charge is 1.00 e. The number of halogens is 3. The lowest BCUT2D eigenvalue weighted by Gasteiger charge is -2.20. The molecule has 1 atom stereocenters. The Morgan fingerprint density at radius 1 is 1.35 bits per heavy atom. The molecule has 1 aromatic rings. The fourth-order valence-electron chi connectivity index (χ4n) is 2.27. The molecule has 1 heterocycles. The van der Waals surface area contributed by atoms with E-state index in [9.17, 15) is 4.79 Å². The number of hydrogen-bond acceptors (Lipinski definition) is 3. The maximum absolute atomic E-state index is 12.0. The zero-order chi connectivity index (χ0) is 13.8. The van der Waals surface area contributed by atoms with Crippen LogP contribution >= 0.6 is 23.2 Å². The lowest BCUT2D eigenvalue weighted by Crippen LogP contribution is -3.00. The number of nitrogens with zero attached hydrogens (tertiary/aromatic N) is 1. The van der Waals surface area contributed by atoms with E-state index in [1.165, 1.54) is 12.8 Å². The van der Waals surface area contributed by atoms with Gasteiger partial charge in [0.1, 0.15) is 6.10 Å². The summed E-state index contributed by atoms with van der Waals surface area (Å²) in [5.74, 6) is -0.395. The third-order valence-corrected chi connectivity index (χ3v) is 3.72. The van der Waals surface area contributed by atoms with Crippen molar-refractivity contribution in [1.29, 1.82) is 0 Å². The third kappa shape index (κ3) is 4.81. The van der Waals surface area contributed by atoms with Crippen LogP contribution in [-0.2, 0) is 4.74 Å². The summed E-state index contributed by atoms with van der Waals surface area (Å²) in [6.07, 6.45) is 2.31. The highest BCUT2D eigenvalue weighted by Crippen LogP contribution is 2.22. The fraction of sp³-hybridized carbons (Fsp3) is 0.500. The van der Waals surface area contributed by atoms with Gasteiger partial charge in [0, 0.05) is 11.6 Å². The molecule has 112 valence electrons. The van der Waals surface area contributed by atoms with Crippen LogP contribution < -0.4 is 12.4 Å². The molecule has 1 fully saturated rings. The zero-order valence-electron chi connectivity index (χ0n) is 11.2. The molecule has 6 heteroatoms. The van der Waals surface area contributed by atoms with E-state index in [0.29, 0.717) is 15.6 Å². The second kappa shape index (κ2) is 8.08. The molecule has 0 amide bonds. The van der Waals surface area contributed by atoms with E-state index in [1.54, 1.807) is 18.2 Å². The van der Waals surface area contributed by atoms with Crippen molar-refractivity contribution in [3.63, 3.8) is 0 Å². The number of likely N-dealkylation sites (tertiary alicyclic amines) is 1. The second-order valence-corrected chi connectivity index (χ2v) is 5.69. The predicted octanol–water partition coefficient (Wildman–Crippen LogP) is 0.639. The van der Waals surface area contributed by atoms with Crippen LogP contribution in [0.15, 0.2) is 18.2 Å². The maximum atomic E-state index is 12.0. The minimum absolute atomic E-state index is 0. The van der Waals surface area contributed by atoms with Gasteiger partial charge in [-0.15, -0.1) is 0 Å². The molecule has 1 aromatic carbocycles. The minimum Gasteiger partial charge on any atom is -1.00 e. The van der Waals surface area contributed by atoms with Gasteiger partial charge in [0.15, 0.2) is 0 Å². The van der Waals surface area contributed by atoms with Crippen LogP contribution in [0.5, 0.6) is 0 Å². The number of ether oxygens (including phenoxy) is 1. The fourth-order valence-corrected chi connectivity index (χ4v) is 2.75. The Kier molecular flexibility index (Phi) is 7.10. The van der Waals surface area contributed by atoms with Gasteiger partial charge in [-0.25, -0.2) is 4.79 Å². The van der Waals surface area contributed by atoms with Crippen LogP contribution in [0, 0.1) is 0 Å². The Labute approximate surface area is 135 Å². The van der Waals surface area contributed by atoms with Gasteiger partial charge in [-0.2, -0.15) is 0 Å². The van der Waals surface area contributed by atoms with Crippen molar-refractivity contribution in [3.05, 3.63) is 33.8 Å². The lowest BCUT2D eigenvalue weighted by atomic mass is 10.2. The van der Waals surface area contributed by atoms with E-state index < -0.39 is 5.97 Å². The molecule has 1 unspecified atom stereocenters. The molecule has 1 aliphatic rings. The molecule has 2 rings (SSSR count). The summed E-state index contributed by atoms with van der Waals surface area (Å²) in [6, 6.07) is 4.77. The molecule has 0 radical (unpaired) electrons. The molecular formula is C14H17Cl3NO2-. The summed E-state index contributed by atoms with van der Waals surface area (Å²) in [5.41, 5.74) is 0.360. The number of rotatable bonds is 4. The summed E-state index contributed by atoms with van der Waals surface area (Å²) in [4.78, 5) is 14.3. The average molecular weight is 338 g/mol. The van der Waals surface area contributed by atoms with Gasteiger partial charge in [-0.05, 0) is 51.1 Å². The van der Waals surface area contributed by atoms with E-state index in [4.69, 9.17) is 27.9 Å². The Morgan fingerprint density at radius 2 is 2.00 bits per heavy atom. The summed E-state index contributed by atoms with van der Waals surface area (Å²) in [5, 5.41) is 0.831. The van der Waals surface area contributed by atoms with Crippen molar-refractivity contribution in [2.75, 3.05) is 19.6 Å². The molecule has 0 aliphatic carbocycles. The summed E-state index contributed by atoms with van der Waals surface area (Å²) in [6.45, 7) is 4.85. The van der Waals surface area contributed by atoms with Crippen LogP contribution in [0.1, 0.15) is 30.1 Å². The topological polar surface area (TPSA) is 29.5 Å². The van der Waals surface area contributed by atoms with Crippen molar-refractivity contribution in [3.8, 4) is 0 Å². The highest BCUT2D eigenvalue weighted by molar-refractivity contribution is 6.36. The van der Waals surface area contributed by atoms with Gasteiger partial charge in [0.25, 0.3) is 0 Å². The van der Waals surface area contributed by atoms with Crippen LogP contribution in [0.2, 0.25) is 10.0 Å². The molecule has 0 saturated carbocycles. The molecule has 3 nitrogen and oxygen atoms in total. The van der Waals surface area contributed by atoms with Gasteiger partial charge >= 0.3 is 5.97 Å². The highest BCUT2D eigenvalue weighted by Gasteiger charge is 2.19. The van der Waals surface area contributed by atoms with Crippen molar-refractivity contribution in [1.82, 2.24) is 4.90 Å². The molecule has 1 saturated heterocycles. The van der Waals surface area contributed by atoms with Crippen LogP contribution in [0.3, 0.4) is 0 Å². The van der Waals surface area contributed by atoms with E-state index in [1.807, 2.05) is 6.92 Å². The molecule has 1 aliphatic heterocycles. The molecule has 0 bridgehead atoms. The van der Waals surface area contributed by atoms with Crippen LogP contribution in [-0.4, -0.2) is 36.6 Å². The molecule has 0 spiro atoms. The average Bonchev–Trinajstić information content (AvgIpc) is 2.81. The first-order valence-corrected chi connectivity index (χ1v) is 7.20. The quantitative estimate of drug-likeness (QED) is 0.755. The van der Waals surface area contributed by atoms with Gasteiger partial charge in [-0.1, -0.05) is 23.2 Å². The monoisotopic (exact) mass is 336 g/mol. The van der Waals surface area contributed by atoms with Crippen LogP contribution in [0.25, 0.3) is 0 Å². The van der Waals surface area contributed by atoms with E-state index in [2.05, 4.69) is 4.90 Å². The van der Waals surface area contributed by atoms with E-state index in [0.717, 1.165) is 19.6 Å². The second-order valence-electron chi connectivity index (χ2n) is 4.85. The Morgan fingerprint density at radius 3 is 2.60 bits per heavy atom. The smallest absolute Gasteiger partial charge is 0.339 e. The van der Waals surface area contributed by atoms with Crippen molar-refractivity contribution in [2.45, 2.75) is 25.9 Å². The predicted molar refractivity (Wildman–Crippen MR) is 77.0 cm³/mol. The number of carbonyl (C=O) groups excluding carboxylic acids is 1. The number of benzene rings is 1. The van der Waals surface area contributed by atoms with Crippen molar-refractivity contribution >= 4 is 29.2 Å². The maximum Gasteiger partial charge on any atom is 0.339 e. The van der Waals surface area contributed by atoms with Gasteiger partial charge in [0.05, 0.1) is 10.6 Å². The summed E-state index contributed by atoms with van der Waals surface area (Å²) in [7, 11) is 0. The van der Waals surface area contributed by atoms with Crippen LogP contribution in [0.4, 0.5) is 0 Å². The zero-order valence-corrected chi connectivity index (χ0v) is 13.5. The Hall–Kier alpha value is -0.480. The van der Waals surface area contributed by atoms with E-state index in [-0.39, 0.29) is 18.5 Å². The Bertz CT molecular complexity index is 462. The lowest BCUT2D eigenvalue weighted by molar-refractivity contribution is -0.0000398. The molecule has 20 heavy (non-hydrogen) atoms. The number of esters is 1. The van der Waals surface area contributed by atoms with Gasteiger partial charge in [0.2, 0.25) is 0 Å². The standard InChI is InChI=1S/C14H17Cl2NO2.ClH/c1-10(9-17-6-2-3-7-17)19-14(18)12-5-4-11(15)8-13(12)16;/h4-5,8,10H,2-3,6-7,9H2,1H3;1H/p-1. The minimum atomic E-state index is -0.395. The SMILES string of the molecule is CC(CN1CCCC1)OC(=O)c1ccc(Cl)cc1Cl.[Cl-]. The van der Waals surface area contributed by atoms with E-state index >= 15 is 0 Å². The normalized spacial score (nSPS) is 16.6. The molecule has 0 N–H and O–H groups in total. The first-order chi connectivity index (χ1) is 9.06. The summed E-state index contributed by atoms with van der Waals surface area (Å²) >= 11 is 11.8. The van der Waals surface area contributed by atoms with Crippen molar-refractivity contribution < 1.29 is 21.9 Å². The summed E-state index contributed by atoms with van der Waals surface area (Å²) < 4.78 is 5.41. The van der Waals surface area contributed by atoms with Gasteiger partial charge < -0.3 is 17.1 Å². The number of hydrogen-bond donors (Lipinski definition) is 0. The molecule has 0 aromatic heterocycles. The highest BCUT2D eigenvalue weighted by atomic mass is 35.5.